The summed E-state index contributed by atoms with van der Waals surface area (Å²) < 4.78 is 27.9. The van der Waals surface area contributed by atoms with Gasteiger partial charge in [0.15, 0.2) is 0 Å². The average molecular weight is 366 g/mol. The van der Waals surface area contributed by atoms with E-state index in [1.165, 1.54) is 0 Å². The van der Waals surface area contributed by atoms with Gasteiger partial charge in [0.25, 0.3) is 0 Å². The van der Waals surface area contributed by atoms with E-state index in [-0.39, 0.29) is 6.04 Å². The molecule has 0 aromatic heterocycles. The first-order valence-corrected chi connectivity index (χ1v) is 8.07. The smallest absolute Gasteiger partial charge is 0.240 e. The molecular formula is C11H15IN2O2S. The van der Waals surface area contributed by atoms with E-state index < -0.39 is 10.0 Å². The Morgan fingerprint density at radius 3 is 2.41 bits per heavy atom. The molecule has 3 N–H and O–H groups in total. The Bertz CT molecular complexity index is 483. The van der Waals surface area contributed by atoms with Crippen LogP contribution in [0.1, 0.15) is 12.8 Å². The molecule has 1 fully saturated rings. The fourth-order valence-corrected chi connectivity index (χ4v) is 3.39. The van der Waals surface area contributed by atoms with Crippen molar-refractivity contribution in [2.75, 3.05) is 6.54 Å². The lowest BCUT2D eigenvalue weighted by atomic mass is 10.2. The maximum atomic E-state index is 12.1. The maximum absolute atomic E-state index is 12.1. The predicted octanol–water partition coefficient (Wildman–Crippen LogP) is 1.31. The summed E-state index contributed by atoms with van der Waals surface area (Å²) in [6.07, 6.45) is 2.13. The zero-order valence-electron chi connectivity index (χ0n) is 9.27. The van der Waals surface area contributed by atoms with Gasteiger partial charge in [0.2, 0.25) is 10.0 Å². The van der Waals surface area contributed by atoms with E-state index >= 15 is 0 Å². The molecule has 0 saturated heterocycles. The first-order valence-electron chi connectivity index (χ1n) is 5.51. The van der Waals surface area contributed by atoms with E-state index in [0.29, 0.717) is 17.4 Å². The Morgan fingerprint density at radius 2 is 1.94 bits per heavy atom. The van der Waals surface area contributed by atoms with Crippen molar-refractivity contribution < 1.29 is 8.42 Å². The highest BCUT2D eigenvalue weighted by Gasteiger charge is 2.33. The second kappa shape index (κ2) is 5.21. The highest BCUT2D eigenvalue weighted by atomic mass is 127. The van der Waals surface area contributed by atoms with Gasteiger partial charge in [0.1, 0.15) is 0 Å². The fourth-order valence-electron chi connectivity index (χ4n) is 1.72. The topological polar surface area (TPSA) is 72.2 Å². The Morgan fingerprint density at radius 1 is 1.35 bits per heavy atom. The maximum Gasteiger partial charge on any atom is 0.240 e. The third kappa shape index (κ3) is 3.40. The van der Waals surface area contributed by atoms with Crippen molar-refractivity contribution in [3.8, 4) is 0 Å². The molecule has 1 saturated carbocycles. The largest absolute Gasteiger partial charge is 0.329 e. The van der Waals surface area contributed by atoms with Gasteiger partial charge in [-0.1, -0.05) is 0 Å². The van der Waals surface area contributed by atoms with E-state index in [4.69, 9.17) is 5.73 Å². The summed E-state index contributed by atoms with van der Waals surface area (Å²) in [5.41, 5.74) is 5.59. The molecule has 4 nitrogen and oxygen atoms in total. The number of hydrogen-bond donors (Lipinski definition) is 2. The van der Waals surface area contributed by atoms with Crippen molar-refractivity contribution >= 4 is 32.6 Å². The minimum absolute atomic E-state index is 0.126. The van der Waals surface area contributed by atoms with Crippen LogP contribution in [0, 0.1) is 9.49 Å². The van der Waals surface area contributed by atoms with E-state index in [9.17, 15) is 8.42 Å². The van der Waals surface area contributed by atoms with Crippen LogP contribution in [-0.2, 0) is 10.0 Å². The number of nitrogens with two attached hydrogens (primary N) is 1. The molecule has 0 heterocycles. The standard InChI is InChI=1S/C11H15IN2O2S/c12-9-3-5-10(6-4-9)17(15,16)14-11(7-13)8-1-2-8/h3-6,8,11,14H,1-2,7,13H2. The van der Waals surface area contributed by atoms with Crippen molar-refractivity contribution in [2.45, 2.75) is 23.8 Å². The third-order valence-corrected chi connectivity index (χ3v) is 5.10. The molecular weight excluding hydrogens is 351 g/mol. The molecule has 94 valence electrons. The summed E-state index contributed by atoms with van der Waals surface area (Å²) in [4.78, 5) is 0.303. The quantitative estimate of drug-likeness (QED) is 0.772. The molecule has 2 rings (SSSR count). The summed E-state index contributed by atoms with van der Waals surface area (Å²) in [5.74, 6) is 0.415. The molecule has 17 heavy (non-hydrogen) atoms. The van der Waals surface area contributed by atoms with Crippen LogP contribution >= 0.6 is 22.6 Å². The molecule has 0 bridgehead atoms. The molecule has 0 radical (unpaired) electrons. The minimum atomic E-state index is -3.43. The van der Waals surface area contributed by atoms with Crippen molar-refractivity contribution in [2.24, 2.45) is 11.7 Å². The average Bonchev–Trinajstić information content (AvgIpc) is 3.10. The summed E-state index contributed by atoms with van der Waals surface area (Å²) in [7, 11) is -3.43. The predicted molar refractivity (Wildman–Crippen MR) is 75.0 cm³/mol. The van der Waals surface area contributed by atoms with Crippen LogP contribution in [-0.4, -0.2) is 21.0 Å². The van der Waals surface area contributed by atoms with Gasteiger partial charge in [-0.05, 0) is 65.6 Å². The molecule has 1 unspecified atom stereocenters. The minimum Gasteiger partial charge on any atom is -0.329 e. The van der Waals surface area contributed by atoms with Crippen molar-refractivity contribution in [3.63, 3.8) is 0 Å². The molecule has 1 aromatic rings. The fraction of sp³-hybridized carbons (Fsp3) is 0.455. The van der Waals surface area contributed by atoms with Gasteiger partial charge in [0, 0.05) is 16.2 Å². The molecule has 1 aromatic carbocycles. The Balaban J connectivity index is 2.15. The van der Waals surface area contributed by atoms with Crippen LogP contribution in [0.25, 0.3) is 0 Å². The second-order valence-electron chi connectivity index (χ2n) is 4.25. The molecule has 0 aliphatic heterocycles. The lowest BCUT2D eigenvalue weighted by molar-refractivity contribution is 0.519. The summed E-state index contributed by atoms with van der Waals surface area (Å²) in [5, 5.41) is 0. The number of halogens is 1. The lowest BCUT2D eigenvalue weighted by Gasteiger charge is -2.16. The van der Waals surface area contributed by atoms with Crippen molar-refractivity contribution in [3.05, 3.63) is 27.8 Å². The number of sulfonamides is 1. The van der Waals surface area contributed by atoms with Crippen LogP contribution in [0.4, 0.5) is 0 Å². The van der Waals surface area contributed by atoms with Gasteiger partial charge < -0.3 is 5.73 Å². The molecule has 0 spiro atoms. The van der Waals surface area contributed by atoms with Crippen LogP contribution in [0.3, 0.4) is 0 Å². The lowest BCUT2D eigenvalue weighted by Crippen LogP contribution is -2.41. The van der Waals surface area contributed by atoms with Crippen LogP contribution in [0.2, 0.25) is 0 Å². The van der Waals surface area contributed by atoms with Crippen LogP contribution in [0.5, 0.6) is 0 Å². The molecule has 1 aliphatic carbocycles. The summed E-state index contributed by atoms with van der Waals surface area (Å²) in [6, 6.07) is 6.67. The van der Waals surface area contributed by atoms with Gasteiger partial charge in [-0.15, -0.1) is 0 Å². The second-order valence-corrected chi connectivity index (χ2v) is 7.21. The first kappa shape index (κ1) is 13.3. The van der Waals surface area contributed by atoms with Gasteiger partial charge >= 0.3 is 0 Å². The van der Waals surface area contributed by atoms with Crippen LogP contribution in [0.15, 0.2) is 29.2 Å². The monoisotopic (exact) mass is 366 g/mol. The van der Waals surface area contributed by atoms with Gasteiger partial charge in [-0.2, -0.15) is 0 Å². The number of nitrogens with one attached hydrogen (secondary N) is 1. The Labute approximate surface area is 115 Å². The van der Waals surface area contributed by atoms with Crippen LogP contribution < -0.4 is 10.5 Å². The zero-order chi connectivity index (χ0) is 12.5. The molecule has 1 atom stereocenters. The summed E-state index contributed by atoms with van der Waals surface area (Å²) >= 11 is 2.14. The van der Waals surface area contributed by atoms with E-state index in [1.54, 1.807) is 24.3 Å². The normalized spacial score (nSPS) is 18.0. The SMILES string of the molecule is NCC(NS(=O)(=O)c1ccc(I)cc1)C1CC1. The van der Waals surface area contributed by atoms with Gasteiger partial charge in [-0.3, -0.25) is 0 Å². The summed E-state index contributed by atoms with van der Waals surface area (Å²) in [6.45, 7) is 0.355. The van der Waals surface area contributed by atoms with E-state index in [0.717, 1.165) is 16.4 Å². The molecule has 0 amide bonds. The number of hydrogen-bond acceptors (Lipinski definition) is 3. The highest BCUT2D eigenvalue weighted by molar-refractivity contribution is 14.1. The number of benzene rings is 1. The highest BCUT2D eigenvalue weighted by Crippen LogP contribution is 2.32. The van der Waals surface area contributed by atoms with Crippen molar-refractivity contribution in [1.82, 2.24) is 4.72 Å². The van der Waals surface area contributed by atoms with Gasteiger partial charge in [0.05, 0.1) is 4.90 Å². The van der Waals surface area contributed by atoms with E-state index in [2.05, 4.69) is 27.3 Å². The Kier molecular flexibility index (Phi) is 4.06. The zero-order valence-corrected chi connectivity index (χ0v) is 12.2. The first-order chi connectivity index (χ1) is 8.03. The molecule has 6 heteroatoms. The molecule has 1 aliphatic rings. The third-order valence-electron chi connectivity index (χ3n) is 2.88. The van der Waals surface area contributed by atoms with Crippen molar-refractivity contribution in [1.29, 1.82) is 0 Å². The van der Waals surface area contributed by atoms with Gasteiger partial charge in [-0.25, -0.2) is 13.1 Å². The van der Waals surface area contributed by atoms with E-state index in [1.807, 2.05) is 0 Å². The Hall–Kier alpha value is -0.180. The number of rotatable bonds is 5.